The van der Waals surface area contributed by atoms with Gasteiger partial charge in [-0.25, -0.2) is 4.98 Å². The largest absolute Gasteiger partial charge is 0.481 e. The number of rotatable bonds is 7. The van der Waals surface area contributed by atoms with Crippen LogP contribution in [0.1, 0.15) is 18.7 Å². The Morgan fingerprint density at radius 1 is 1.38 bits per heavy atom. The van der Waals surface area contributed by atoms with Gasteiger partial charge < -0.3 is 9.84 Å². The Bertz CT molecular complexity index is 694. The zero-order valence-corrected chi connectivity index (χ0v) is 11.9. The van der Waals surface area contributed by atoms with Crippen molar-refractivity contribution in [3.05, 3.63) is 40.4 Å². The molecule has 0 amide bonds. The van der Waals surface area contributed by atoms with Gasteiger partial charge in [0, 0.05) is 26.7 Å². The maximum Gasteiger partial charge on any atom is 0.303 e. The number of carboxylic acids is 1. The number of carbonyl (C=O) groups is 1. The van der Waals surface area contributed by atoms with Crippen molar-refractivity contribution in [3.63, 3.8) is 0 Å². The molecule has 1 heterocycles. The third-order valence-corrected chi connectivity index (χ3v) is 3.23. The number of methoxy groups -OCH3 is 1. The summed E-state index contributed by atoms with van der Waals surface area (Å²) in [6, 6.07) is 7.10. The van der Waals surface area contributed by atoms with Gasteiger partial charge in [-0.2, -0.15) is 0 Å². The van der Waals surface area contributed by atoms with Gasteiger partial charge >= 0.3 is 5.97 Å². The first-order chi connectivity index (χ1) is 10.1. The second kappa shape index (κ2) is 6.99. The first kappa shape index (κ1) is 15.2. The molecule has 2 rings (SSSR count). The molecular formula is C15H18N2O4. The van der Waals surface area contributed by atoms with Crippen LogP contribution in [0, 0.1) is 0 Å². The number of ether oxygens (including phenoxy) is 1. The van der Waals surface area contributed by atoms with E-state index in [-0.39, 0.29) is 18.4 Å². The third-order valence-electron chi connectivity index (χ3n) is 3.23. The smallest absolute Gasteiger partial charge is 0.303 e. The summed E-state index contributed by atoms with van der Waals surface area (Å²) >= 11 is 0. The molecule has 0 unspecified atom stereocenters. The fourth-order valence-electron chi connectivity index (χ4n) is 2.22. The summed E-state index contributed by atoms with van der Waals surface area (Å²) < 4.78 is 6.56. The van der Waals surface area contributed by atoms with Crippen molar-refractivity contribution in [1.82, 2.24) is 9.55 Å². The number of carboxylic acid groups (broad SMARTS) is 1. The fraction of sp³-hybridized carbons (Fsp3) is 0.400. The SMILES string of the molecule is COCCCn1c(CCC(=O)O)nc2ccccc2c1=O. The highest BCUT2D eigenvalue weighted by Crippen LogP contribution is 2.10. The van der Waals surface area contributed by atoms with Crippen LogP contribution in [0.2, 0.25) is 0 Å². The van der Waals surface area contributed by atoms with Crippen LogP contribution in [0.4, 0.5) is 0 Å². The fourth-order valence-corrected chi connectivity index (χ4v) is 2.22. The van der Waals surface area contributed by atoms with E-state index in [0.717, 1.165) is 0 Å². The molecule has 1 aromatic heterocycles. The lowest BCUT2D eigenvalue weighted by Gasteiger charge is -2.12. The lowest BCUT2D eigenvalue weighted by Crippen LogP contribution is -2.26. The number of hydrogen-bond donors (Lipinski definition) is 1. The predicted molar refractivity (Wildman–Crippen MR) is 78.5 cm³/mol. The Hall–Kier alpha value is -2.21. The van der Waals surface area contributed by atoms with Crippen molar-refractivity contribution < 1.29 is 14.6 Å². The lowest BCUT2D eigenvalue weighted by molar-refractivity contribution is -0.137. The molecule has 0 radical (unpaired) electrons. The Kier molecular flexibility index (Phi) is 5.05. The summed E-state index contributed by atoms with van der Waals surface area (Å²) in [5.41, 5.74) is 0.475. The summed E-state index contributed by atoms with van der Waals surface area (Å²) in [5, 5.41) is 9.38. The number of hydrogen-bond acceptors (Lipinski definition) is 4. The topological polar surface area (TPSA) is 81.4 Å². The van der Waals surface area contributed by atoms with Gasteiger partial charge in [0.1, 0.15) is 5.82 Å². The van der Waals surface area contributed by atoms with Crippen molar-refractivity contribution in [2.45, 2.75) is 25.8 Å². The Morgan fingerprint density at radius 2 is 2.14 bits per heavy atom. The molecule has 0 saturated heterocycles. The number of fused-ring (bicyclic) bond motifs is 1. The zero-order chi connectivity index (χ0) is 15.2. The molecule has 0 aliphatic carbocycles. The average Bonchev–Trinajstić information content (AvgIpc) is 2.48. The number of nitrogens with zero attached hydrogens (tertiary/aromatic N) is 2. The van der Waals surface area contributed by atoms with E-state index in [1.54, 1.807) is 29.9 Å². The van der Waals surface area contributed by atoms with E-state index in [0.29, 0.717) is 36.3 Å². The highest BCUT2D eigenvalue weighted by Gasteiger charge is 2.11. The van der Waals surface area contributed by atoms with Crippen LogP contribution in [0.25, 0.3) is 10.9 Å². The van der Waals surface area contributed by atoms with E-state index in [1.807, 2.05) is 6.07 Å². The maximum atomic E-state index is 12.5. The number of benzene rings is 1. The second-order valence-electron chi connectivity index (χ2n) is 4.74. The van der Waals surface area contributed by atoms with Crippen LogP contribution in [-0.4, -0.2) is 34.3 Å². The maximum absolute atomic E-state index is 12.5. The number of aliphatic carboxylic acids is 1. The quantitative estimate of drug-likeness (QED) is 0.780. The minimum atomic E-state index is -0.902. The van der Waals surface area contributed by atoms with Crippen LogP contribution in [0.15, 0.2) is 29.1 Å². The average molecular weight is 290 g/mol. The molecule has 6 nitrogen and oxygen atoms in total. The van der Waals surface area contributed by atoms with E-state index in [4.69, 9.17) is 9.84 Å². The molecule has 0 aliphatic rings. The molecule has 1 aromatic carbocycles. The van der Waals surface area contributed by atoms with Crippen molar-refractivity contribution in [3.8, 4) is 0 Å². The Labute approximate surface area is 122 Å². The number of aromatic nitrogens is 2. The molecule has 2 aromatic rings. The van der Waals surface area contributed by atoms with Gasteiger partial charge in [0.2, 0.25) is 0 Å². The summed E-state index contributed by atoms with van der Waals surface area (Å²) in [4.78, 5) is 27.7. The monoisotopic (exact) mass is 290 g/mol. The summed E-state index contributed by atoms with van der Waals surface area (Å²) in [6.07, 6.45) is 0.869. The molecule has 0 fully saturated rings. The number of aryl methyl sites for hydroxylation is 1. The first-order valence-electron chi connectivity index (χ1n) is 6.82. The van der Waals surface area contributed by atoms with Crippen molar-refractivity contribution in [2.24, 2.45) is 0 Å². The van der Waals surface area contributed by atoms with Crippen molar-refractivity contribution in [2.75, 3.05) is 13.7 Å². The van der Waals surface area contributed by atoms with E-state index < -0.39 is 5.97 Å². The van der Waals surface area contributed by atoms with E-state index in [2.05, 4.69) is 4.98 Å². The van der Waals surface area contributed by atoms with Gasteiger partial charge in [0.25, 0.3) is 5.56 Å². The van der Waals surface area contributed by atoms with Gasteiger partial charge in [0.05, 0.1) is 17.3 Å². The predicted octanol–water partition coefficient (Wildman–Crippen LogP) is 1.45. The molecule has 0 spiro atoms. The molecule has 0 atom stereocenters. The molecule has 21 heavy (non-hydrogen) atoms. The Morgan fingerprint density at radius 3 is 2.86 bits per heavy atom. The minimum absolute atomic E-state index is 0.0466. The van der Waals surface area contributed by atoms with Gasteiger partial charge in [-0.05, 0) is 18.6 Å². The molecule has 112 valence electrons. The van der Waals surface area contributed by atoms with E-state index in [1.165, 1.54) is 0 Å². The van der Waals surface area contributed by atoms with Gasteiger partial charge in [-0.3, -0.25) is 14.2 Å². The zero-order valence-electron chi connectivity index (χ0n) is 11.9. The van der Waals surface area contributed by atoms with Crippen molar-refractivity contribution >= 4 is 16.9 Å². The summed E-state index contributed by atoms with van der Waals surface area (Å²) in [7, 11) is 1.60. The Balaban J connectivity index is 2.43. The molecule has 1 N–H and O–H groups in total. The van der Waals surface area contributed by atoms with E-state index in [9.17, 15) is 9.59 Å². The minimum Gasteiger partial charge on any atom is -0.481 e. The van der Waals surface area contributed by atoms with Crippen LogP contribution in [0.3, 0.4) is 0 Å². The van der Waals surface area contributed by atoms with Crippen LogP contribution in [0.5, 0.6) is 0 Å². The summed E-state index contributed by atoms with van der Waals surface area (Å²) in [5.74, 6) is -0.391. The molecule has 6 heteroatoms. The van der Waals surface area contributed by atoms with Crippen molar-refractivity contribution in [1.29, 1.82) is 0 Å². The van der Waals surface area contributed by atoms with Crippen LogP contribution < -0.4 is 5.56 Å². The number of para-hydroxylation sites is 1. The molecular weight excluding hydrogens is 272 g/mol. The third kappa shape index (κ3) is 3.66. The highest BCUT2D eigenvalue weighted by atomic mass is 16.5. The van der Waals surface area contributed by atoms with Crippen LogP contribution >= 0.6 is 0 Å². The lowest BCUT2D eigenvalue weighted by atomic mass is 10.2. The van der Waals surface area contributed by atoms with Gasteiger partial charge in [-0.15, -0.1) is 0 Å². The molecule has 0 saturated carbocycles. The standard InChI is InChI=1S/C15H18N2O4/c1-21-10-4-9-17-13(7-8-14(18)19)16-12-6-3-2-5-11(12)15(17)20/h2-3,5-6H,4,7-10H2,1H3,(H,18,19). The van der Waals surface area contributed by atoms with Gasteiger partial charge in [-0.1, -0.05) is 12.1 Å². The second-order valence-corrected chi connectivity index (χ2v) is 4.74. The van der Waals surface area contributed by atoms with E-state index >= 15 is 0 Å². The molecule has 0 aliphatic heterocycles. The summed E-state index contributed by atoms with van der Waals surface area (Å²) in [6.45, 7) is 1.01. The highest BCUT2D eigenvalue weighted by molar-refractivity contribution is 5.77. The van der Waals surface area contributed by atoms with Crippen LogP contribution in [-0.2, 0) is 22.5 Å². The first-order valence-corrected chi connectivity index (χ1v) is 6.82. The molecule has 0 bridgehead atoms. The van der Waals surface area contributed by atoms with Gasteiger partial charge in [0.15, 0.2) is 0 Å². The normalized spacial score (nSPS) is 10.9.